The topological polar surface area (TPSA) is 99.2 Å². The molecule has 9 heteroatoms. The van der Waals surface area contributed by atoms with Crippen LogP contribution in [0, 0.1) is 5.82 Å². The van der Waals surface area contributed by atoms with E-state index in [2.05, 4.69) is 30.8 Å². The van der Waals surface area contributed by atoms with Crippen LogP contribution in [0.5, 0.6) is 0 Å². The third kappa shape index (κ3) is 5.46. The van der Waals surface area contributed by atoms with E-state index in [1.54, 1.807) is 18.5 Å². The minimum Gasteiger partial charge on any atom is -0.335 e. The number of benzene rings is 1. The van der Waals surface area contributed by atoms with E-state index in [4.69, 9.17) is 0 Å². The van der Waals surface area contributed by atoms with Crippen molar-refractivity contribution >= 4 is 23.6 Å². The van der Waals surface area contributed by atoms with E-state index in [0.29, 0.717) is 18.8 Å². The molecule has 0 bridgehead atoms. The first-order valence-corrected chi connectivity index (χ1v) is 9.16. The Labute approximate surface area is 162 Å². The third-order valence-electron chi connectivity index (χ3n) is 4.69. The molecule has 2 aromatic rings. The molecule has 1 fully saturated rings. The molecule has 1 saturated heterocycles. The number of halogens is 1. The van der Waals surface area contributed by atoms with E-state index < -0.39 is 0 Å². The van der Waals surface area contributed by atoms with Crippen LogP contribution in [-0.2, 0) is 4.79 Å². The van der Waals surface area contributed by atoms with Gasteiger partial charge in [-0.15, -0.1) is 0 Å². The zero-order valence-corrected chi connectivity index (χ0v) is 15.6. The maximum Gasteiger partial charge on any atom is 0.319 e. The minimum atomic E-state index is -0.352. The van der Waals surface area contributed by atoms with Crippen molar-refractivity contribution in [1.82, 2.24) is 20.2 Å². The Morgan fingerprint density at radius 1 is 1.11 bits per heavy atom. The molecule has 0 aliphatic carbocycles. The second-order valence-corrected chi connectivity index (χ2v) is 6.65. The average Bonchev–Trinajstić information content (AvgIpc) is 2.70. The number of piperidine rings is 1. The highest BCUT2D eigenvalue weighted by Gasteiger charge is 2.27. The molecule has 1 atom stereocenters. The van der Waals surface area contributed by atoms with Crippen LogP contribution in [0.4, 0.5) is 20.8 Å². The summed E-state index contributed by atoms with van der Waals surface area (Å²) in [6.45, 7) is 3.21. The highest BCUT2D eigenvalue weighted by molar-refractivity contribution is 5.93. The number of nitrogens with zero attached hydrogens (tertiary/aromatic N) is 3. The van der Waals surface area contributed by atoms with Crippen LogP contribution in [0.15, 0.2) is 42.7 Å². The molecular weight excluding hydrogens is 363 g/mol. The average molecular weight is 386 g/mol. The quantitative estimate of drug-likeness (QED) is 0.732. The number of carbonyl (C=O) groups is 2. The molecule has 148 valence electrons. The summed E-state index contributed by atoms with van der Waals surface area (Å²) in [5, 5.41) is 8.31. The van der Waals surface area contributed by atoms with Crippen LogP contribution in [0.2, 0.25) is 0 Å². The zero-order chi connectivity index (χ0) is 19.9. The number of amides is 3. The first-order valence-electron chi connectivity index (χ1n) is 9.16. The summed E-state index contributed by atoms with van der Waals surface area (Å²) >= 11 is 0. The van der Waals surface area contributed by atoms with Crippen molar-refractivity contribution in [1.29, 1.82) is 0 Å². The van der Waals surface area contributed by atoms with Crippen molar-refractivity contribution in [2.75, 3.05) is 23.7 Å². The molecule has 3 rings (SSSR count). The SMILES string of the molecule is CC(C(=O)Nc1ncccn1)N1CCC(NC(=O)Nc2ccc(F)cc2)CC1. The molecule has 3 N–H and O–H groups in total. The predicted octanol–water partition coefficient (Wildman–Crippen LogP) is 2.23. The summed E-state index contributed by atoms with van der Waals surface area (Å²) < 4.78 is 12.9. The number of nitrogens with one attached hydrogen (secondary N) is 3. The van der Waals surface area contributed by atoms with Gasteiger partial charge in [0.2, 0.25) is 11.9 Å². The third-order valence-corrected chi connectivity index (χ3v) is 4.69. The van der Waals surface area contributed by atoms with Gasteiger partial charge in [0.1, 0.15) is 5.82 Å². The number of hydrogen-bond acceptors (Lipinski definition) is 5. The van der Waals surface area contributed by atoms with Gasteiger partial charge in [0.25, 0.3) is 0 Å². The molecule has 1 aromatic carbocycles. The van der Waals surface area contributed by atoms with Gasteiger partial charge in [-0.2, -0.15) is 0 Å². The first-order chi connectivity index (χ1) is 13.5. The van der Waals surface area contributed by atoms with Crippen LogP contribution in [-0.4, -0.2) is 52.0 Å². The Hall–Kier alpha value is -3.07. The minimum absolute atomic E-state index is 0.0180. The van der Waals surface area contributed by atoms with Crippen molar-refractivity contribution in [2.24, 2.45) is 0 Å². The number of hydrogen-bond donors (Lipinski definition) is 3. The summed E-state index contributed by atoms with van der Waals surface area (Å²) in [7, 11) is 0. The maximum atomic E-state index is 12.9. The van der Waals surface area contributed by atoms with E-state index in [0.717, 1.165) is 12.8 Å². The Bertz CT molecular complexity index is 794. The number of rotatable bonds is 5. The first kappa shape index (κ1) is 19.7. The van der Waals surface area contributed by atoms with Gasteiger partial charge in [-0.25, -0.2) is 19.2 Å². The summed E-state index contributed by atoms with van der Waals surface area (Å²) in [4.78, 5) is 34.5. The number of likely N-dealkylation sites (tertiary alicyclic amines) is 1. The molecule has 1 aliphatic heterocycles. The fourth-order valence-corrected chi connectivity index (χ4v) is 3.06. The van der Waals surface area contributed by atoms with Crippen molar-refractivity contribution in [3.63, 3.8) is 0 Å². The molecule has 1 unspecified atom stereocenters. The molecule has 1 aliphatic rings. The predicted molar refractivity (Wildman–Crippen MR) is 103 cm³/mol. The molecule has 0 radical (unpaired) electrons. The van der Waals surface area contributed by atoms with Crippen molar-refractivity contribution in [3.8, 4) is 0 Å². The van der Waals surface area contributed by atoms with Gasteiger partial charge in [0, 0.05) is 37.2 Å². The van der Waals surface area contributed by atoms with Crippen molar-refractivity contribution in [2.45, 2.75) is 31.8 Å². The fraction of sp³-hybridized carbons (Fsp3) is 0.368. The van der Waals surface area contributed by atoms with E-state index in [1.807, 2.05) is 6.92 Å². The summed E-state index contributed by atoms with van der Waals surface area (Å²) in [5.74, 6) is -0.227. The van der Waals surface area contributed by atoms with E-state index >= 15 is 0 Å². The smallest absolute Gasteiger partial charge is 0.319 e. The largest absolute Gasteiger partial charge is 0.335 e. The summed E-state index contributed by atoms with van der Waals surface area (Å²) in [6.07, 6.45) is 4.61. The Morgan fingerprint density at radius 2 is 1.75 bits per heavy atom. The summed E-state index contributed by atoms with van der Waals surface area (Å²) in [5.41, 5.74) is 0.532. The normalized spacial score (nSPS) is 16.2. The summed E-state index contributed by atoms with van der Waals surface area (Å²) in [6, 6.07) is 6.66. The Kier molecular flexibility index (Phi) is 6.49. The molecule has 0 saturated carbocycles. The lowest BCUT2D eigenvalue weighted by Gasteiger charge is -2.35. The lowest BCUT2D eigenvalue weighted by molar-refractivity contribution is -0.121. The number of anilines is 2. The van der Waals surface area contributed by atoms with Crippen LogP contribution in [0.25, 0.3) is 0 Å². The lowest BCUT2D eigenvalue weighted by atomic mass is 10.0. The molecule has 2 heterocycles. The molecular formula is C19H23FN6O2. The Balaban J connectivity index is 1.42. The van der Waals surface area contributed by atoms with Gasteiger partial charge in [-0.1, -0.05) is 0 Å². The second kappa shape index (κ2) is 9.23. The van der Waals surface area contributed by atoms with Crippen LogP contribution in [0.1, 0.15) is 19.8 Å². The highest BCUT2D eigenvalue weighted by atomic mass is 19.1. The molecule has 28 heavy (non-hydrogen) atoms. The van der Waals surface area contributed by atoms with Gasteiger partial charge in [-0.3, -0.25) is 15.0 Å². The van der Waals surface area contributed by atoms with Crippen LogP contribution >= 0.6 is 0 Å². The molecule has 3 amide bonds. The lowest BCUT2D eigenvalue weighted by Crippen LogP contribution is -2.51. The van der Waals surface area contributed by atoms with Gasteiger partial charge in [0.15, 0.2) is 0 Å². The fourth-order valence-electron chi connectivity index (χ4n) is 3.06. The Morgan fingerprint density at radius 3 is 2.39 bits per heavy atom. The van der Waals surface area contributed by atoms with Gasteiger partial charge >= 0.3 is 6.03 Å². The van der Waals surface area contributed by atoms with E-state index in [-0.39, 0.29) is 35.8 Å². The van der Waals surface area contributed by atoms with Crippen molar-refractivity contribution < 1.29 is 14.0 Å². The molecule has 8 nitrogen and oxygen atoms in total. The maximum absolute atomic E-state index is 12.9. The number of urea groups is 1. The van der Waals surface area contributed by atoms with Gasteiger partial charge in [0.05, 0.1) is 6.04 Å². The van der Waals surface area contributed by atoms with Gasteiger partial charge in [-0.05, 0) is 50.1 Å². The number of aromatic nitrogens is 2. The zero-order valence-electron chi connectivity index (χ0n) is 15.6. The molecule has 1 aromatic heterocycles. The van der Waals surface area contributed by atoms with Crippen molar-refractivity contribution in [3.05, 3.63) is 48.5 Å². The number of carbonyl (C=O) groups excluding carboxylic acids is 2. The monoisotopic (exact) mass is 386 g/mol. The van der Waals surface area contributed by atoms with Crippen LogP contribution < -0.4 is 16.0 Å². The second-order valence-electron chi connectivity index (χ2n) is 6.65. The van der Waals surface area contributed by atoms with Crippen LogP contribution in [0.3, 0.4) is 0 Å². The highest BCUT2D eigenvalue weighted by Crippen LogP contribution is 2.15. The standard InChI is InChI=1S/C19H23FN6O2/c1-13(17(27)25-18-21-9-2-10-22-18)26-11-7-16(8-12-26)24-19(28)23-15-5-3-14(20)4-6-15/h2-6,9-10,13,16H,7-8,11-12H2,1H3,(H2,23,24,28)(H,21,22,25,27). The molecule has 0 spiro atoms. The van der Waals surface area contributed by atoms with E-state index in [9.17, 15) is 14.0 Å². The van der Waals surface area contributed by atoms with Gasteiger partial charge < -0.3 is 10.6 Å². The van der Waals surface area contributed by atoms with E-state index in [1.165, 1.54) is 24.3 Å².